The molecule has 0 saturated heterocycles. The molecule has 0 aliphatic rings. The van der Waals surface area contributed by atoms with E-state index in [0.29, 0.717) is 0 Å². The van der Waals surface area contributed by atoms with Gasteiger partial charge in [-0.3, -0.25) is 4.98 Å². The molecule has 4 heteroatoms. The van der Waals surface area contributed by atoms with Gasteiger partial charge in [0.05, 0.1) is 6.10 Å². The summed E-state index contributed by atoms with van der Waals surface area (Å²) in [6, 6.07) is 3.89. The monoisotopic (exact) mass is 233 g/mol. The van der Waals surface area contributed by atoms with Crippen LogP contribution in [0.5, 0.6) is 0 Å². The zero-order chi connectivity index (χ0) is 8.10. The van der Waals surface area contributed by atoms with Gasteiger partial charge >= 0.3 is 0 Å². The topological polar surface area (TPSA) is 22.1 Å². The third-order valence-corrected chi connectivity index (χ3v) is 2.28. The normalized spacial score (nSPS) is 12.9. The SMILES string of the molecule is PO[C@@H](CBr)c1cccnc1. The zero-order valence-corrected chi connectivity index (χ0v) is 8.65. The summed E-state index contributed by atoms with van der Waals surface area (Å²) in [6.45, 7) is 0. The van der Waals surface area contributed by atoms with Crippen molar-refractivity contribution in [3.05, 3.63) is 30.1 Å². The van der Waals surface area contributed by atoms with E-state index in [2.05, 4.69) is 30.4 Å². The van der Waals surface area contributed by atoms with Gasteiger partial charge in [0.2, 0.25) is 0 Å². The molecule has 0 saturated carbocycles. The molecule has 2 nitrogen and oxygen atoms in total. The molecule has 0 spiro atoms. The van der Waals surface area contributed by atoms with Gasteiger partial charge in [-0.2, -0.15) is 0 Å². The lowest BCUT2D eigenvalue weighted by molar-refractivity contribution is 0.277. The highest BCUT2D eigenvalue weighted by molar-refractivity contribution is 9.09. The van der Waals surface area contributed by atoms with Crippen LogP contribution in [0.25, 0.3) is 0 Å². The van der Waals surface area contributed by atoms with Crippen molar-refractivity contribution in [2.75, 3.05) is 5.33 Å². The van der Waals surface area contributed by atoms with Crippen LogP contribution < -0.4 is 0 Å². The Bertz CT molecular complexity index is 203. The summed E-state index contributed by atoms with van der Waals surface area (Å²) in [6.07, 6.45) is 3.63. The van der Waals surface area contributed by atoms with Crippen molar-refractivity contribution in [1.29, 1.82) is 0 Å². The molecule has 0 aliphatic carbocycles. The number of pyridine rings is 1. The summed E-state index contributed by atoms with van der Waals surface area (Å²) < 4.78 is 5.12. The Labute approximate surface area is 76.8 Å². The van der Waals surface area contributed by atoms with Crippen LogP contribution in [0.4, 0.5) is 0 Å². The van der Waals surface area contributed by atoms with E-state index in [1.54, 1.807) is 12.4 Å². The van der Waals surface area contributed by atoms with Crippen LogP contribution >= 0.6 is 25.4 Å². The fourth-order valence-corrected chi connectivity index (χ4v) is 1.83. The van der Waals surface area contributed by atoms with Crippen molar-refractivity contribution >= 4 is 25.4 Å². The molecular formula is C7H9BrNOP. The third-order valence-electron chi connectivity index (χ3n) is 1.36. The standard InChI is InChI=1S/C7H9BrNOP/c8-4-7(10-11)6-2-1-3-9-5-6/h1-3,5,7H,4,11H2/t7-/m0/s1. The largest absolute Gasteiger partial charge is 0.357 e. The molecule has 1 aromatic heterocycles. The molecular weight excluding hydrogens is 225 g/mol. The Morgan fingerprint density at radius 2 is 2.55 bits per heavy atom. The predicted molar refractivity (Wildman–Crippen MR) is 51.6 cm³/mol. The molecule has 1 rings (SSSR count). The first-order valence-electron chi connectivity index (χ1n) is 3.20. The van der Waals surface area contributed by atoms with E-state index in [4.69, 9.17) is 4.52 Å². The van der Waals surface area contributed by atoms with Gasteiger partial charge in [0, 0.05) is 32.8 Å². The van der Waals surface area contributed by atoms with Crippen molar-refractivity contribution in [2.24, 2.45) is 0 Å². The van der Waals surface area contributed by atoms with E-state index in [0.717, 1.165) is 10.9 Å². The first-order chi connectivity index (χ1) is 5.38. The molecule has 2 atom stereocenters. The third kappa shape index (κ3) is 2.51. The van der Waals surface area contributed by atoms with Gasteiger partial charge in [-0.15, -0.1) is 0 Å². The zero-order valence-electron chi connectivity index (χ0n) is 5.90. The molecule has 0 amide bonds. The van der Waals surface area contributed by atoms with Crippen molar-refractivity contribution in [2.45, 2.75) is 6.10 Å². The first-order valence-corrected chi connectivity index (χ1v) is 4.79. The molecule has 60 valence electrons. The van der Waals surface area contributed by atoms with E-state index >= 15 is 0 Å². The fourth-order valence-electron chi connectivity index (χ4n) is 0.770. The lowest BCUT2D eigenvalue weighted by Gasteiger charge is -2.10. The van der Waals surface area contributed by atoms with E-state index in [1.807, 2.05) is 12.1 Å². The number of halogens is 1. The number of alkyl halides is 1. The molecule has 1 aromatic rings. The van der Waals surface area contributed by atoms with Gasteiger partial charge in [-0.05, 0) is 6.07 Å². The van der Waals surface area contributed by atoms with Crippen LogP contribution in [0.2, 0.25) is 0 Å². The lowest BCUT2D eigenvalue weighted by atomic mass is 10.2. The van der Waals surface area contributed by atoms with E-state index in [1.165, 1.54) is 0 Å². The molecule has 11 heavy (non-hydrogen) atoms. The fraction of sp³-hybridized carbons (Fsp3) is 0.286. The predicted octanol–water partition coefficient (Wildman–Crippen LogP) is 2.32. The van der Waals surface area contributed by atoms with Crippen LogP contribution in [0, 0.1) is 0 Å². The summed E-state index contributed by atoms with van der Waals surface area (Å²) in [4.78, 5) is 3.99. The van der Waals surface area contributed by atoms with Gasteiger partial charge in [0.25, 0.3) is 0 Å². The first kappa shape index (κ1) is 9.11. The number of aromatic nitrogens is 1. The van der Waals surface area contributed by atoms with Crippen LogP contribution in [0.1, 0.15) is 11.7 Å². The molecule has 0 aliphatic heterocycles. The molecule has 0 N–H and O–H groups in total. The second-order valence-corrected chi connectivity index (χ2v) is 2.99. The summed E-state index contributed by atoms with van der Waals surface area (Å²) >= 11 is 3.35. The van der Waals surface area contributed by atoms with Gasteiger partial charge < -0.3 is 4.52 Å². The van der Waals surface area contributed by atoms with Crippen molar-refractivity contribution in [3.8, 4) is 0 Å². The molecule has 1 unspecified atom stereocenters. The highest BCUT2D eigenvalue weighted by atomic mass is 79.9. The molecule has 0 aromatic carbocycles. The minimum Gasteiger partial charge on any atom is -0.357 e. The Morgan fingerprint density at radius 1 is 1.73 bits per heavy atom. The second-order valence-electron chi connectivity index (χ2n) is 2.07. The van der Waals surface area contributed by atoms with Crippen molar-refractivity contribution in [3.63, 3.8) is 0 Å². The summed E-state index contributed by atoms with van der Waals surface area (Å²) in [5.74, 6) is 0. The minimum atomic E-state index is 0.0775. The quantitative estimate of drug-likeness (QED) is 0.591. The van der Waals surface area contributed by atoms with Gasteiger partial charge in [0.1, 0.15) is 0 Å². The molecule has 0 radical (unpaired) electrons. The summed E-state index contributed by atoms with van der Waals surface area (Å²) in [7, 11) is 2.25. The Hall–Kier alpha value is 0.0200. The minimum absolute atomic E-state index is 0.0775. The Kier molecular flexibility index (Phi) is 3.98. The number of rotatable bonds is 3. The number of hydrogen-bond acceptors (Lipinski definition) is 2. The van der Waals surface area contributed by atoms with Crippen LogP contribution in [-0.4, -0.2) is 10.3 Å². The lowest BCUT2D eigenvalue weighted by Crippen LogP contribution is -1.99. The van der Waals surface area contributed by atoms with E-state index in [9.17, 15) is 0 Å². The van der Waals surface area contributed by atoms with E-state index < -0.39 is 0 Å². The maximum atomic E-state index is 5.12. The number of nitrogens with zero attached hydrogens (tertiary/aromatic N) is 1. The highest BCUT2D eigenvalue weighted by Crippen LogP contribution is 2.20. The Morgan fingerprint density at radius 3 is 3.00 bits per heavy atom. The van der Waals surface area contributed by atoms with Gasteiger partial charge in [0.15, 0.2) is 0 Å². The van der Waals surface area contributed by atoms with Gasteiger partial charge in [-0.25, -0.2) is 0 Å². The maximum absolute atomic E-state index is 5.12. The Balaban J connectivity index is 2.74. The summed E-state index contributed by atoms with van der Waals surface area (Å²) in [5, 5.41) is 0.780. The highest BCUT2D eigenvalue weighted by Gasteiger charge is 2.06. The number of hydrogen-bond donors (Lipinski definition) is 0. The van der Waals surface area contributed by atoms with Crippen LogP contribution in [0.15, 0.2) is 24.5 Å². The average Bonchev–Trinajstić information content (AvgIpc) is 2.09. The molecule has 1 heterocycles. The van der Waals surface area contributed by atoms with Crippen LogP contribution in [-0.2, 0) is 4.52 Å². The van der Waals surface area contributed by atoms with Crippen molar-refractivity contribution < 1.29 is 4.52 Å². The smallest absolute Gasteiger partial charge is 0.0972 e. The summed E-state index contributed by atoms with van der Waals surface area (Å²) in [5.41, 5.74) is 1.08. The second kappa shape index (κ2) is 4.81. The molecule has 0 bridgehead atoms. The van der Waals surface area contributed by atoms with Crippen LogP contribution in [0.3, 0.4) is 0 Å². The van der Waals surface area contributed by atoms with E-state index in [-0.39, 0.29) is 6.10 Å². The maximum Gasteiger partial charge on any atom is 0.0972 e. The van der Waals surface area contributed by atoms with Gasteiger partial charge in [-0.1, -0.05) is 22.0 Å². The van der Waals surface area contributed by atoms with Crippen molar-refractivity contribution in [1.82, 2.24) is 4.98 Å². The molecule has 0 fully saturated rings. The average molecular weight is 234 g/mol.